The summed E-state index contributed by atoms with van der Waals surface area (Å²) < 4.78 is 18.6. The Kier molecular flexibility index (Phi) is 6.54. The predicted octanol–water partition coefficient (Wildman–Crippen LogP) is 2.34. The Morgan fingerprint density at radius 1 is 1.10 bits per heavy atom. The molecule has 8 heteroatoms. The van der Waals surface area contributed by atoms with Crippen LogP contribution in [-0.2, 0) is 4.79 Å². The third-order valence-electron chi connectivity index (χ3n) is 5.63. The Bertz CT molecular complexity index is 926. The van der Waals surface area contributed by atoms with Gasteiger partial charge in [0.1, 0.15) is 11.6 Å². The highest BCUT2D eigenvalue weighted by molar-refractivity contribution is 5.97. The highest BCUT2D eigenvalue weighted by Crippen LogP contribution is 2.31. The fraction of sp³-hybridized carbons (Fsp3) is 0.391. The van der Waals surface area contributed by atoms with Crippen LogP contribution in [0.3, 0.4) is 0 Å². The lowest BCUT2D eigenvalue weighted by Crippen LogP contribution is -2.52. The molecular formula is C23H28FN5O2. The van der Waals surface area contributed by atoms with Gasteiger partial charge in [-0.2, -0.15) is 0 Å². The molecule has 0 aromatic heterocycles. The van der Waals surface area contributed by atoms with E-state index in [2.05, 4.69) is 20.1 Å². The Balaban J connectivity index is 1.24. The van der Waals surface area contributed by atoms with Gasteiger partial charge in [-0.05, 0) is 42.8 Å². The Hall–Kier alpha value is -3.29. The summed E-state index contributed by atoms with van der Waals surface area (Å²) in [5.41, 5.74) is 1.87. The van der Waals surface area contributed by atoms with E-state index >= 15 is 0 Å². The molecule has 7 nitrogen and oxygen atoms in total. The van der Waals surface area contributed by atoms with E-state index in [1.807, 2.05) is 36.4 Å². The molecule has 164 valence electrons. The molecule has 2 heterocycles. The van der Waals surface area contributed by atoms with E-state index in [4.69, 9.17) is 4.74 Å². The van der Waals surface area contributed by atoms with Gasteiger partial charge in [0.05, 0.1) is 5.69 Å². The number of anilines is 2. The lowest BCUT2D eigenvalue weighted by molar-refractivity contribution is -0.121. The average molecular weight is 426 g/mol. The monoisotopic (exact) mass is 425 g/mol. The summed E-state index contributed by atoms with van der Waals surface area (Å²) in [5, 5.41) is 3.42. The van der Waals surface area contributed by atoms with Crippen molar-refractivity contribution in [3.63, 3.8) is 0 Å². The van der Waals surface area contributed by atoms with Crippen molar-refractivity contribution in [1.29, 1.82) is 0 Å². The van der Waals surface area contributed by atoms with E-state index in [9.17, 15) is 9.18 Å². The number of carbonyl (C=O) groups excluding carboxylic acids is 1. The fourth-order valence-electron chi connectivity index (χ4n) is 4.00. The van der Waals surface area contributed by atoms with Crippen LogP contribution in [0.5, 0.6) is 5.75 Å². The zero-order valence-corrected chi connectivity index (χ0v) is 17.8. The van der Waals surface area contributed by atoms with Crippen LogP contribution in [0.15, 0.2) is 53.5 Å². The van der Waals surface area contributed by atoms with Crippen molar-refractivity contribution in [3.8, 4) is 5.75 Å². The first-order valence-corrected chi connectivity index (χ1v) is 10.6. The molecule has 2 aromatic rings. The van der Waals surface area contributed by atoms with Crippen molar-refractivity contribution < 1.29 is 13.9 Å². The van der Waals surface area contributed by atoms with Crippen LogP contribution in [0.2, 0.25) is 0 Å². The molecule has 0 radical (unpaired) electrons. The van der Waals surface area contributed by atoms with Crippen molar-refractivity contribution in [3.05, 3.63) is 54.3 Å². The highest BCUT2D eigenvalue weighted by atomic mass is 19.1. The normalized spacial score (nSPS) is 16.8. The van der Waals surface area contributed by atoms with Gasteiger partial charge in [0.15, 0.2) is 12.6 Å². The molecule has 1 N–H and O–H groups in total. The molecule has 2 aliphatic heterocycles. The average Bonchev–Trinajstić information content (AvgIpc) is 2.81. The molecule has 0 saturated carbocycles. The quantitative estimate of drug-likeness (QED) is 0.453. The zero-order valence-electron chi connectivity index (χ0n) is 17.8. The number of piperazine rings is 1. The molecule has 0 bridgehead atoms. The molecule has 1 amide bonds. The number of ether oxygens (including phenoxy) is 1. The second kappa shape index (κ2) is 9.68. The van der Waals surface area contributed by atoms with E-state index in [-0.39, 0.29) is 18.3 Å². The smallest absolute Gasteiger partial charge is 0.265 e. The van der Waals surface area contributed by atoms with Crippen molar-refractivity contribution in [2.45, 2.75) is 6.42 Å². The first-order chi connectivity index (χ1) is 15.2. The minimum atomic E-state index is -0.214. The lowest BCUT2D eigenvalue weighted by Gasteiger charge is -2.37. The van der Waals surface area contributed by atoms with Gasteiger partial charge in [0.2, 0.25) is 0 Å². The fourth-order valence-corrected chi connectivity index (χ4v) is 4.00. The Labute approximate surface area is 182 Å². The number of benzene rings is 2. The maximum absolute atomic E-state index is 13.2. The molecule has 0 aliphatic carbocycles. The van der Waals surface area contributed by atoms with Crippen LogP contribution in [0.1, 0.15) is 6.42 Å². The maximum Gasteiger partial charge on any atom is 0.265 e. The van der Waals surface area contributed by atoms with Gasteiger partial charge in [-0.3, -0.25) is 9.79 Å². The maximum atomic E-state index is 13.2. The number of hydrogen-bond donors (Lipinski definition) is 1. The number of hydrogen-bond acceptors (Lipinski definition) is 4. The first kappa shape index (κ1) is 21.0. The molecule has 0 atom stereocenters. The number of guanidine groups is 1. The third-order valence-corrected chi connectivity index (χ3v) is 5.63. The van der Waals surface area contributed by atoms with Crippen LogP contribution in [-0.4, -0.2) is 69.7 Å². The van der Waals surface area contributed by atoms with Gasteiger partial charge in [0, 0.05) is 52.0 Å². The highest BCUT2D eigenvalue weighted by Gasteiger charge is 2.25. The van der Waals surface area contributed by atoms with Crippen molar-refractivity contribution in [2.24, 2.45) is 4.99 Å². The summed E-state index contributed by atoms with van der Waals surface area (Å²) in [6.07, 6.45) is 0.800. The van der Waals surface area contributed by atoms with Gasteiger partial charge >= 0.3 is 0 Å². The summed E-state index contributed by atoms with van der Waals surface area (Å²) in [4.78, 5) is 23.0. The molecule has 1 fully saturated rings. The van der Waals surface area contributed by atoms with Gasteiger partial charge in [0.25, 0.3) is 5.91 Å². The van der Waals surface area contributed by atoms with Gasteiger partial charge in [-0.15, -0.1) is 0 Å². The Morgan fingerprint density at radius 2 is 1.84 bits per heavy atom. The van der Waals surface area contributed by atoms with E-state index in [0.717, 1.165) is 62.2 Å². The van der Waals surface area contributed by atoms with Crippen LogP contribution in [0.4, 0.5) is 15.8 Å². The van der Waals surface area contributed by atoms with E-state index < -0.39 is 0 Å². The number of carbonyl (C=O) groups is 1. The first-order valence-electron chi connectivity index (χ1n) is 10.6. The molecule has 2 aromatic carbocycles. The number of fused-ring (bicyclic) bond motifs is 1. The topological polar surface area (TPSA) is 60.4 Å². The second-order valence-corrected chi connectivity index (χ2v) is 7.58. The molecule has 2 aliphatic rings. The van der Waals surface area contributed by atoms with Gasteiger partial charge < -0.3 is 24.8 Å². The van der Waals surface area contributed by atoms with Crippen LogP contribution < -0.4 is 19.9 Å². The largest absolute Gasteiger partial charge is 0.482 e. The van der Waals surface area contributed by atoms with E-state index in [1.54, 1.807) is 11.9 Å². The summed E-state index contributed by atoms with van der Waals surface area (Å²) >= 11 is 0. The molecule has 4 rings (SSSR count). The molecule has 0 unspecified atom stereocenters. The minimum Gasteiger partial charge on any atom is -0.482 e. The number of rotatable bonds is 5. The third kappa shape index (κ3) is 4.90. The predicted molar refractivity (Wildman–Crippen MR) is 120 cm³/mol. The van der Waals surface area contributed by atoms with Crippen molar-refractivity contribution >= 4 is 23.2 Å². The van der Waals surface area contributed by atoms with Gasteiger partial charge in [-0.25, -0.2) is 4.39 Å². The summed E-state index contributed by atoms with van der Waals surface area (Å²) in [7, 11) is 1.79. The number of halogens is 1. The van der Waals surface area contributed by atoms with Crippen LogP contribution >= 0.6 is 0 Å². The SMILES string of the molecule is CN=C(NCCCN1C(=O)COc2ccccc21)N1CCN(c2ccc(F)cc2)CC1. The number of nitrogens with zero attached hydrogens (tertiary/aromatic N) is 4. The lowest BCUT2D eigenvalue weighted by atomic mass is 10.2. The van der Waals surface area contributed by atoms with Gasteiger partial charge in [-0.1, -0.05) is 12.1 Å². The number of para-hydroxylation sites is 2. The molecule has 1 saturated heterocycles. The van der Waals surface area contributed by atoms with Crippen molar-refractivity contribution in [1.82, 2.24) is 10.2 Å². The van der Waals surface area contributed by atoms with Crippen LogP contribution in [0.25, 0.3) is 0 Å². The summed E-state index contributed by atoms with van der Waals surface area (Å²) in [6, 6.07) is 14.3. The Morgan fingerprint density at radius 3 is 2.58 bits per heavy atom. The zero-order chi connectivity index (χ0) is 21.6. The van der Waals surface area contributed by atoms with Crippen molar-refractivity contribution in [2.75, 3.05) is 62.7 Å². The molecule has 31 heavy (non-hydrogen) atoms. The summed E-state index contributed by atoms with van der Waals surface area (Å²) in [5.74, 6) is 1.40. The molecule has 0 spiro atoms. The molecular weight excluding hydrogens is 397 g/mol. The second-order valence-electron chi connectivity index (χ2n) is 7.58. The number of nitrogens with one attached hydrogen (secondary N) is 1. The summed E-state index contributed by atoms with van der Waals surface area (Å²) in [6.45, 7) is 4.82. The van der Waals surface area contributed by atoms with E-state index in [1.165, 1.54) is 12.1 Å². The number of aliphatic imine (C=N–C) groups is 1. The van der Waals surface area contributed by atoms with E-state index in [0.29, 0.717) is 6.54 Å². The number of amides is 1. The standard InChI is InChI=1S/C23H28FN5O2/c1-25-23(28-15-13-27(14-16-28)19-9-7-18(24)8-10-19)26-11-4-12-29-20-5-2-3-6-21(20)31-17-22(29)30/h2-3,5-10H,4,11-17H2,1H3,(H,25,26). The van der Waals surface area contributed by atoms with Crippen LogP contribution in [0, 0.1) is 5.82 Å². The minimum absolute atomic E-state index is 0.0139.